The fraction of sp³-hybridized carbons (Fsp3) is 0.933. The number of amides is 1. The van der Waals surface area contributed by atoms with Crippen molar-refractivity contribution in [3.63, 3.8) is 0 Å². The van der Waals surface area contributed by atoms with Crippen molar-refractivity contribution in [2.24, 2.45) is 17.6 Å². The molecule has 0 bridgehead atoms. The zero-order valence-electron chi connectivity index (χ0n) is 12.2. The molecule has 0 radical (unpaired) electrons. The SMILES string of the molecule is CC(C)CCCC(C)NC(=O)C1CCCC(N)C1. The Kier molecular flexibility index (Phi) is 6.69. The molecule has 106 valence electrons. The summed E-state index contributed by atoms with van der Waals surface area (Å²) in [5.41, 5.74) is 5.93. The highest BCUT2D eigenvalue weighted by Gasteiger charge is 2.25. The molecule has 3 nitrogen and oxygen atoms in total. The second-order valence-corrected chi connectivity index (χ2v) is 6.36. The summed E-state index contributed by atoms with van der Waals surface area (Å²) in [6.07, 6.45) is 7.58. The third-order valence-corrected chi connectivity index (χ3v) is 3.89. The van der Waals surface area contributed by atoms with Crippen molar-refractivity contribution in [2.75, 3.05) is 0 Å². The minimum atomic E-state index is 0.154. The number of hydrogen-bond donors (Lipinski definition) is 2. The van der Waals surface area contributed by atoms with Crippen LogP contribution in [-0.4, -0.2) is 18.0 Å². The molecule has 0 spiro atoms. The van der Waals surface area contributed by atoms with Gasteiger partial charge in [0.05, 0.1) is 0 Å². The fourth-order valence-electron chi connectivity index (χ4n) is 2.73. The van der Waals surface area contributed by atoms with Crippen molar-refractivity contribution in [1.82, 2.24) is 5.32 Å². The van der Waals surface area contributed by atoms with Crippen molar-refractivity contribution >= 4 is 5.91 Å². The molecular weight excluding hydrogens is 224 g/mol. The normalized spacial score (nSPS) is 26.1. The smallest absolute Gasteiger partial charge is 0.223 e. The first-order valence-corrected chi connectivity index (χ1v) is 7.55. The van der Waals surface area contributed by atoms with Gasteiger partial charge in [0.15, 0.2) is 0 Å². The Balaban J connectivity index is 2.21. The van der Waals surface area contributed by atoms with Gasteiger partial charge in [-0.1, -0.05) is 33.1 Å². The van der Waals surface area contributed by atoms with E-state index < -0.39 is 0 Å². The van der Waals surface area contributed by atoms with Crippen LogP contribution in [0, 0.1) is 11.8 Å². The number of rotatable bonds is 6. The molecule has 1 amide bonds. The Morgan fingerprint density at radius 1 is 1.28 bits per heavy atom. The van der Waals surface area contributed by atoms with E-state index >= 15 is 0 Å². The molecule has 1 rings (SSSR count). The van der Waals surface area contributed by atoms with Gasteiger partial charge >= 0.3 is 0 Å². The second kappa shape index (κ2) is 7.78. The molecule has 0 aromatic carbocycles. The molecule has 1 fully saturated rings. The summed E-state index contributed by atoms with van der Waals surface area (Å²) in [5, 5.41) is 3.15. The van der Waals surface area contributed by atoms with Crippen LogP contribution in [-0.2, 0) is 4.79 Å². The molecule has 3 N–H and O–H groups in total. The predicted molar refractivity (Wildman–Crippen MR) is 76.2 cm³/mol. The van der Waals surface area contributed by atoms with E-state index in [0.29, 0.717) is 6.04 Å². The Labute approximate surface area is 112 Å². The molecular formula is C15H30N2O. The quantitative estimate of drug-likeness (QED) is 0.766. The van der Waals surface area contributed by atoms with E-state index in [1.54, 1.807) is 0 Å². The molecule has 1 saturated carbocycles. The first-order valence-electron chi connectivity index (χ1n) is 7.55. The van der Waals surface area contributed by atoms with E-state index in [1.165, 1.54) is 12.8 Å². The minimum Gasteiger partial charge on any atom is -0.353 e. The Morgan fingerprint density at radius 2 is 2.00 bits per heavy atom. The summed E-state index contributed by atoms with van der Waals surface area (Å²) < 4.78 is 0. The summed E-state index contributed by atoms with van der Waals surface area (Å²) in [6, 6.07) is 0.528. The minimum absolute atomic E-state index is 0.154. The summed E-state index contributed by atoms with van der Waals surface area (Å²) in [7, 11) is 0. The molecule has 0 aromatic rings. The third kappa shape index (κ3) is 5.85. The predicted octanol–water partition coefficient (Wildman–Crippen LogP) is 2.83. The largest absolute Gasteiger partial charge is 0.353 e. The summed E-state index contributed by atoms with van der Waals surface area (Å²) in [6.45, 7) is 6.60. The first-order chi connectivity index (χ1) is 8.49. The average molecular weight is 254 g/mol. The highest BCUT2D eigenvalue weighted by molar-refractivity contribution is 5.79. The fourth-order valence-corrected chi connectivity index (χ4v) is 2.73. The zero-order chi connectivity index (χ0) is 13.5. The van der Waals surface area contributed by atoms with E-state index in [9.17, 15) is 4.79 Å². The van der Waals surface area contributed by atoms with E-state index in [2.05, 4.69) is 26.1 Å². The Morgan fingerprint density at radius 3 is 2.61 bits per heavy atom. The van der Waals surface area contributed by atoms with Gasteiger partial charge in [-0.2, -0.15) is 0 Å². The van der Waals surface area contributed by atoms with Crippen LogP contribution in [0.1, 0.15) is 65.7 Å². The molecule has 3 unspecified atom stereocenters. The van der Waals surface area contributed by atoms with E-state index in [-0.39, 0.29) is 17.9 Å². The van der Waals surface area contributed by atoms with Crippen molar-refractivity contribution in [2.45, 2.75) is 77.8 Å². The van der Waals surface area contributed by atoms with Gasteiger partial charge in [-0.05, 0) is 38.5 Å². The molecule has 1 aliphatic rings. The van der Waals surface area contributed by atoms with E-state index in [1.807, 2.05) is 0 Å². The van der Waals surface area contributed by atoms with Crippen LogP contribution >= 0.6 is 0 Å². The molecule has 0 aliphatic heterocycles. The van der Waals surface area contributed by atoms with Gasteiger partial charge in [0.2, 0.25) is 5.91 Å². The molecule has 18 heavy (non-hydrogen) atoms. The lowest BCUT2D eigenvalue weighted by atomic mass is 9.85. The standard InChI is InChI=1S/C15H30N2O/c1-11(2)6-4-7-12(3)17-15(18)13-8-5-9-14(16)10-13/h11-14H,4-10,16H2,1-3H3,(H,17,18). The highest BCUT2D eigenvalue weighted by Crippen LogP contribution is 2.23. The van der Waals surface area contributed by atoms with Gasteiger partial charge in [0.25, 0.3) is 0 Å². The van der Waals surface area contributed by atoms with E-state index in [0.717, 1.165) is 38.0 Å². The van der Waals surface area contributed by atoms with Crippen LogP contribution in [0.3, 0.4) is 0 Å². The number of nitrogens with two attached hydrogens (primary N) is 1. The molecule has 1 aliphatic carbocycles. The summed E-state index contributed by atoms with van der Waals surface area (Å²) >= 11 is 0. The lowest BCUT2D eigenvalue weighted by Gasteiger charge is -2.27. The summed E-state index contributed by atoms with van der Waals surface area (Å²) in [5.74, 6) is 1.13. The number of nitrogens with one attached hydrogen (secondary N) is 1. The number of carbonyl (C=O) groups is 1. The van der Waals surface area contributed by atoms with Crippen molar-refractivity contribution in [3.8, 4) is 0 Å². The highest BCUT2D eigenvalue weighted by atomic mass is 16.1. The van der Waals surface area contributed by atoms with Gasteiger partial charge in [-0.25, -0.2) is 0 Å². The van der Waals surface area contributed by atoms with Crippen LogP contribution < -0.4 is 11.1 Å². The second-order valence-electron chi connectivity index (χ2n) is 6.36. The lowest BCUT2D eigenvalue weighted by Crippen LogP contribution is -2.41. The molecule has 0 aromatic heterocycles. The topological polar surface area (TPSA) is 55.1 Å². The third-order valence-electron chi connectivity index (χ3n) is 3.89. The molecule has 3 atom stereocenters. The molecule has 3 heteroatoms. The monoisotopic (exact) mass is 254 g/mol. The van der Waals surface area contributed by atoms with Crippen LogP contribution in [0.4, 0.5) is 0 Å². The van der Waals surface area contributed by atoms with Crippen molar-refractivity contribution < 1.29 is 4.79 Å². The lowest BCUT2D eigenvalue weighted by molar-refractivity contribution is -0.126. The van der Waals surface area contributed by atoms with Crippen LogP contribution in [0.25, 0.3) is 0 Å². The Hall–Kier alpha value is -0.570. The van der Waals surface area contributed by atoms with Gasteiger partial charge in [-0.3, -0.25) is 4.79 Å². The maximum atomic E-state index is 12.1. The van der Waals surface area contributed by atoms with Gasteiger partial charge < -0.3 is 11.1 Å². The number of carbonyl (C=O) groups excluding carboxylic acids is 1. The van der Waals surface area contributed by atoms with Crippen molar-refractivity contribution in [3.05, 3.63) is 0 Å². The maximum Gasteiger partial charge on any atom is 0.223 e. The van der Waals surface area contributed by atoms with Crippen LogP contribution in [0.2, 0.25) is 0 Å². The Bertz CT molecular complexity index is 253. The first kappa shape index (κ1) is 15.5. The zero-order valence-corrected chi connectivity index (χ0v) is 12.2. The summed E-state index contributed by atoms with van der Waals surface area (Å²) in [4.78, 5) is 12.1. The number of hydrogen-bond acceptors (Lipinski definition) is 2. The van der Waals surface area contributed by atoms with Crippen LogP contribution in [0.15, 0.2) is 0 Å². The van der Waals surface area contributed by atoms with Gasteiger partial charge in [0, 0.05) is 18.0 Å². The van der Waals surface area contributed by atoms with Gasteiger partial charge in [-0.15, -0.1) is 0 Å². The molecule has 0 heterocycles. The average Bonchev–Trinajstić information content (AvgIpc) is 2.28. The van der Waals surface area contributed by atoms with Gasteiger partial charge in [0.1, 0.15) is 0 Å². The molecule has 0 saturated heterocycles. The van der Waals surface area contributed by atoms with E-state index in [4.69, 9.17) is 5.73 Å². The van der Waals surface area contributed by atoms with Crippen molar-refractivity contribution in [1.29, 1.82) is 0 Å². The maximum absolute atomic E-state index is 12.1. The van der Waals surface area contributed by atoms with Crippen LogP contribution in [0.5, 0.6) is 0 Å².